The van der Waals surface area contributed by atoms with Crippen molar-refractivity contribution in [1.82, 2.24) is 9.79 Å². The number of pyridine rings is 1. The van der Waals surface area contributed by atoms with E-state index in [1.54, 1.807) is 12.1 Å². The Hall–Kier alpha value is -2.05. The van der Waals surface area contributed by atoms with Crippen molar-refractivity contribution in [2.24, 2.45) is 0 Å². The number of nitrogens with zero attached hydrogens (tertiary/aromatic N) is 2. The van der Waals surface area contributed by atoms with Crippen LogP contribution in [0.25, 0.3) is 0 Å². The van der Waals surface area contributed by atoms with Crippen molar-refractivity contribution in [3.05, 3.63) is 58.2 Å². The van der Waals surface area contributed by atoms with Crippen molar-refractivity contribution in [2.45, 2.75) is 25.4 Å². The summed E-state index contributed by atoms with van der Waals surface area (Å²) in [4.78, 5) is 17.4. The summed E-state index contributed by atoms with van der Waals surface area (Å²) in [5.41, 5.74) is 1.88. The molecule has 1 saturated heterocycles. The molecule has 1 aliphatic rings. The van der Waals surface area contributed by atoms with E-state index in [-0.39, 0.29) is 12.2 Å². The van der Waals surface area contributed by atoms with Crippen molar-refractivity contribution in [2.75, 3.05) is 13.1 Å². The highest BCUT2D eigenvalue weighted by Gasteiger charge is 2.19. The molecule has 2 aromatic rings. The first-order chi connectivity index (χ1) is 12.0. The maximum Gasteiger partial charge on any atom is 0.335 e. The van der Waals surface area contributed by atoms with Crippen LogP contribution in [0.3, 0.4) is 0 Å². The van der Waals surface area contributed by atoms with Gasteiger partial charge in [-0.15, -0.1) is 0 Å². The van der Waals surface area contributed by atoms with E-state index in [1.807, 2.05) is 16.9 Å². The minimum absolute atomic E-state index is 0.153. The lowest BCUT2D eigenvalue weighted by molar-refractivity contribution is 0.0697. The Labute approximate surface area is 153 Å². The van der Waals surface area contributed by atoms with Gasteiger partial charge in [0.15, 0.2) is 7.98 Å². The van der Waals surface area contributed by atoms with Crippen LogP contribution in [-0.2, 0) is 6.61 Å². The van der Waals surface area contributed by atoms with Crippen LogP contribution in [0.5, 0.6) is 5.88 Å². The van der Waals surface area contributed by atoms with Gasteiger partial charge in [0.05, 0.1) is 5.56 Å². The molecule has 1 aromatic carbocycles. The maximum absolute atomic E-state index is 10.9. The molecule has 7 heteroatoms. The molecule has 3 rings (SSSR count). The Kier molecular flexibility index (Phi) is 5.61. The third-order valence-corrected chi connectivity index (χ3v) is 4.72. The van der Waals surface area contributed by atoms with Gasteiger partial charge in [-0.05, 0) is 44.1 Å². The van der Waals surface area contributed by atoms with Crippen LogP contribution in [0.1, 0.15) is 40.4 Å². The predicted octanol–water partition coefficient (Wildman–Crippen LogP) is 3.28. The first-order valence-electron chi connectivity index (χ1n) is 8.14. The summed E-state index contributed by atoms with van der Waals surface area (Å²) >= 11 is 6.13. The van der Waals surface area contributed by atoms with Crippen LogP contribution in [0, 0.1) is 0 Å². The lowest BCUT2D eigenvalue weighted by Crippen LogP contribution is -2.30. The fourth-order valence-electron chi connectivity index (χ4n) is 2.88. The molecule has 1 aromatic heterocycles. The van der Waals surface area contributed by atoms with Gasteiger partial charge >= 0.3 is 5.97 Å². The van der Waals surface area contributed by atoms with Crippen LogP contribution < -0.4 is 4.74 Å². The first kappa shape index (κ1) is 17.8. The Morgan fingerprint density at radius 1 is 1.32 bits per heavy atom. The van der Waals surface area contributed by atoms with Crippen molar-refractivity contribution in [1.29, 1.82) is 0 Å². The molecule has 2 radical (unpaired) electrons. The molecule has 2 heterocycles. The highest BCUT2D eigenvalue weighted by molar-refractivity contribution is 6.31. The van der Waals surface area contributed by atoms with Gasteiger partial charge in [0.2, 0.25) is 5.88 Å². The van der Waals surface area contributed by atoms with Gasteiger partial charge in [0.25, 0.3) is 0 Å². The number of aromatic carboxylic acids is 1. The Morgan fingerprint density at radius 2 is 2.08 bits per heavy atom. The van der Waals surface area contributed by atoms with Crippen LogP contribution in [0.4, 0.5) is 0 Å². The molecular formula is C18H18BClN2O3. The third-order valence-electron chi connectivity index (χ3n) is 4.37. The second-order valence-corrected chi connectivity index (χ2v) is 6.52. The highest BCUT2D eigenvalue weighted by Crippen LogP contribution is 2.27. The molecule has 0 aliphatic carbocycles. The monoisotopic (exact) mass is 356 g/mol. The number of rotatable bonds is 5. The molecular weight excluding hydrogens is 338 g/mol. The number of carboxylic acids is 1. The molecule has 1 N–H and O–H groups in total. The summed E-state index contributed by atoms with van der Waals surface area (Å²) in [6, 6.07) is 10.3. The standard InChI is InChI=1S/C18H18BClN2O3/c19-22-8-6-12(7-9-22)16-2-1-3-17(21-16)25-11-14-5-4-13(18(23)24)10-15(14)20/h1-5,10,12H,6-9,11H2,(H,23,24). The number of carbonyl (C=O) groups is 1. The normalized spacial score (nSPS) is 15.9. The number of halogens is 1. The van der Waals surface area contributed by atoms with Gasteiger partial charge in [-0.25, -0.2) is 9.78 Å². The number of hydrogen-bond acceptors (Lipinski definition) is 4. The number of hydrogen-bond donors (Lipinski definition) is 1. The van der Waals surface area contributed by atoms with E-state index in [9.17, 15) is 4.79 Å². The molecule has 0 saturated carbocycles. The maximum atomic E-state index is 10.9. The molecule has 128 valence electrons. The van der Waals surface area contributed by atoms with E-state index in [0.717, 1.165) is 37.2 Å². The molecule has 25 heavy (non-hydrogen) atoms. The largest absolute Gasteiger partial charge is 0.478 e. The zero-order valence-corrected chi connectivity index (χ0v) is 14.4. The summed E-state index contributed by atoms with van der Waals surface area (Å²) in [5.74, 6) is -0.0832. The highest BCUT2D eigenvalue weighted by atomic mass is 35.5. The molecule has 0 bridgehead atoms. The van der Waals surface area contributed by atoms with Crippen molar-refractivity contribution in [3.63, 3.8) is 0 Å². The molecule has 1 aliphatic heterocycles. The summed E-state index contributed by atoms with van der Waals surface area (Å²) in [5, 5.41) is 9.34. The zero-order valence-electron chi connectivity index (χ0n) is 13.7. The van der Waals surface area contributed by atoms with Gasteiger partial charge in [-0.2, -0.15) is 0 Å². The lowest BCUT2D eigenvalue weighted by Gasteiger charge is -2.29. The van der Waals surface area contributed by atoms with Gasteiger partial charge in [-0.1, -0.05) is 23.7 Å². The Morgan fingerprint density at radius 3 is 2.76 bits per heavy atom. The van der Waals surface area contributed by atoms with E-state index < -0.39 is 5.97 Å². The minimum Gasteiger partial charge on any atom is -0.478 e. The van der Waals surface area contributed by atoms with E-state index in [2.05, 4.69) is 4.98 Å². The number of benzene rings is 1. The molecule has 0 unspecified atom stereocenters. The fraction of sp³-hybridized carbons (Fsp3) is 0.333. The molecule has 0 amide bonds. The van der Waals surface area contributed by atoms with E-state index in [1.165, 1.54) is 12.1 Å². The van der Waals surface area contributed by atoms with Crippen molar-refractivity contribution < 1.29 is 14.6 Å². The second kappa shape index (κ2) is 7.89. The molecule has 0 spiro atoms. The van der Waals surface area contributed by atoms with Crippen LogP contribution in [-0.4, -0.2) is 41.9 Å². The van der Waals surface area contributed by atoms with Gasteiger partial charge in [0.1, 0.15) is 6.61 Å². The minimum atomic E-state index is -1.01. The lowest BCUT2D eigenvalue weighted by atomic mass is 9.92. The summed E-state index contributed by atoms with van der Waals surface area (Å²) < 4.78 is 5.75. The molecule has 1 fully saturated rings. The average Bonchev–Trinajstić information content (AvgIpc) is 2.61. The Balaban J connectivity index is 1.66. The zero-order chi connectivity index (χ0) is 17.8. The number of carboxylic acid groups (broad SMARTS) is 1. The summed E-state index contributed by atoms with van der Waals surface area (Å²) in [7, 11) is 5.80. The average molecular weight is 357 g/mol. The van der Waals surface area contributed by atoms with Gasteiger partial charge < -0.3 is 14.7 Å². The SMILES string of the molecule is [B]N1CCC(c2cccc(OCc3ccc(C(=O)O)cc3Cl)n2)CC1. The van der Waals surface area contributed by atoms with Crippen LogP contribution in [0.15, 0.2) is 36.4 Å². The fourth-order valence-corrected chi connectivity index (χ4v) is 3.12. The number of piperidine rings is 1. The van der Waals surface area contributed by atoms with Gasteiger partial charge in [0, 0.05) is 28.3 Å². The van der Waals surface area contributed by atoms with Crippen LogP contribution in [0.2, 0.25) is 5.02 Å². The van der Waals surface area contributed by atoms with Crippen molar-refractivity contribution in [3.8, 4) is 5.88 Å². The molecule has 5 nitrogen and oxygen atoms in total. The first-order valence-corrected chi connectivity index (χ1v) is 8.52. The van der Waals surface area contributed by atoms with E-state index >= 15 is 0 Å². The van der Waals surface area contributed by atoms with E-state index in [0.29, 0.717) is 16.8 Å². The number of aromatic nitrogens is 1. The molecule has 0 atom stereocenters. The smallest absolute Gasteiger partial charge is 0.335 e. The van der Waals surface area contributed by atoms with Crippen molar-refractivity contribution >= 4 is 25.6 Å². The topological polar surface area (TPSA) is 62.7 Å². The summed E-state index contributed by atoms with van der Waals surface area (Å²) in [6.07, 6.45) is 1.96. The van der Waals surface area contributed by atoms with Gasteiger partial charge in [-0.3, -0.25) is 0 Å². The summed E-state index contributed by atoms with van der Waals surface area (Å²) in [6.45, 7) is 1.96. The quantitative estimate of drug-likeness (QED) is 0.833. The second-order valence-electron chi connectivity index (χ2n) is 6.11. The third kappa shape index (κ3) is 4.52. The Bertz CT molecular complexity index is 764. The van der Waals surface area contributed by atoms with Crippen LogP contribution >= 0.6 is 11.6 Å². The number of ether oxygens (including phenoxy) is 1. The predicted molar refractivity (Wildman–Crippen MR) is 96.3 cm³/mol. The van der Waals surface area contributed by atoms with E-state index in [4.69, 9.17) is 29.4 Å².